The average Bonchev–Trinajstić information content (AvgIpc) is 2.48. The monoisotopic (exact) mass is 284 g/mol. The lowest BCUT2D eigenvalue weighted by Crippen LogP contribution is -2.09. The third-order valence-corrected chi connectivity index (χ3v) is 2.85. The first-order valence-corrected chi connectivity index (χ1v) is 6.78. The molecule has 1 rings (SSSR count). The van der Waals surface area contributed by atoms with Crippen LogP contribution in [0.25, 0.3) is 5.57 Å². The van der Waals surface area contributed by atoms with Crippen LogP contribution in [0.5, 0.6) is 0 Å². The summed E-state index contributed by atoms with van der Waals surface area (Å²) in [5.74, 6) is -0.490. The lowest BCUT2D eigenvalue weighted by atomic mass is 9.95. The van der Waals surface area contributed by atoms with Crippen LogP contribution in [0.1, 0.15) is 25.3 Å². The van der Waals surface area contributed by atoms with Crippen molar-refractivity contribution in [2.24, 2.45) is 0 Å². The van der Waals surface area contributed by atoms with Crippen LogP contribution in [0, 0.1) is 0 Å². The van der Waals surface area contributed by atoms with Gasteiger partial charge in [0, 0.05) is 18.9 Å². The summed E-state index contributed by atoms with van der Waals surface area (Å²) in [6, 6.07) is 9.42. The van der Waals surface area contributed by atoms with Gasteiger partial charge in [0.15, 0.2) is 5.78 Å². The van der Waals surface area contributed by atoms with Gasteiger partial charge in [0.25, 0.3) is 0 Å². The van der Waals surface area contributed by atoms with E-state index in [1.54, 1.807) is 6.08 Å². The highest BCUT2D eigenvalue weighted by molar-refractivity contribution is 6.28. The summed E-state index contributed by atoms with van der Waals surface area (Å²) >= 11 is 0. The Morgan fingerprint density at radius 3 is 2.48 bits per heavy atom. The third kappa shape index (κ3) is 5.61. The van der Waals surface area contributed by atoms with Crippen molar-refractivity contribution >= 4 is 17.3 Å². The molecule has 0 heterocycles. The summed E-state index contributed by atoms with van der Waals surface area (Å²) in [5, 5.41) is 0. The number of hydrogen-bond acceptors (Lipinski definition) is 3. The first kappa shape index (κ1) is 16.6. The summed E-state index contributed by atoms with van der Waals surface area (Å²) in [7, 11) is 0. The van der Waals surface area contributed by atoms with Crippen LogP contribution >= 0.6 is 0 Å². The van der Waals surface area contributed by atoms with Crippen LogP contribution in [0.2, 0.25) is 0 Å². The number of ether oxygens (including phenoxy) is 1. The zero-order valence-electron chi connectivity index (χ0n) is 12.3. The fourth-order valence-corrected chi connectivity index (χ4v) is 1.78. The molecule has 0 aliphatic carbocycles. The maximum Gasteiger partial charge on any atom is 0.302 e. The average molecular weight is 284 g/mol. The van der Waals surface area contributed by atoms with Gasteiger partial charge in [0.1, 0.15) is 0 Å². The lowest BCUT2D eigenvalue weighted by Gasteiger charge is -2.09. The van der Waals surface area contributed by atoms with E-state index in [0.717, 1.165) is 5.56 Å². The van der Waals surface area contributed by atoms with Gasteiger partial charge >= 0.3 is 5.97 Å². The molecule has 110 valence electrons. The van der Waals surface area contributed by atoms with E-state index in [2.05, 4.69) is 13.2 Å². The van der Waals surface area contributed by atoms with Crippen molar-refractivity contribution in [3.05, 3.63) is 66.8 Å². The second kappa shape index (κ2) is 8.69. The number of ketones is 1. The molecule has 0 bridgehead atoms. The number of hydrogen-bond donors (Lipinski definition) is 0. The molecule has 0 unspecified atom stereocenters. The fraction of sp³-hybridized carbons (Fsp3) is 0.222. The highest BCUT2D eigenvalue weighted by Crippen LogP contribution is 2.20. The lowest BCUT2D eigenvalue weighted by molar-refractivity contribution is -0.141. The molecule has 0 N–H and O–H groups in total. The van der Waals surface area contributed by atoms with Crippen molar-refractivity contribution in [2.45, 2.75) is 19.8 Å². The first-order chi connectivity index (χ1) is 10.1. The minimum atomic E-state index is -0.360. The molecule has 0 aliphatic heterocycles. The zero-order valence-corrected chi connectivity index (χ0v) is 12.3. The van der Waals surface area contributed by atoms with Crippen molar-refractivity contribution in [1.29, 1.82) is 0 Å². The molecule has 0 amide bonds. The van der Waals surface area contributed by atoms with Gasteiger partial charge in [-0.15, -0.1) is 6.58 Å². The predicted octanol–water partition coefficient (Wildman–Crippen LogP) is 3.72. The number of carbonyl (C=O) groups is 2. The van der Waals surface area contributed by atoms with Gasteiger partial charge in [0.05, 0.1) is 6.61 Å². The van der Waals surface area contributed by atoms with E-state index < -0.39 is 0 Å². The van der Waals surface area contributed by atoms with Gasteiger partial charge in [-0.25, -0.2) is 0 Å². The van der Waals surface area contributed by atoms with Gasteiger partial charge < -0.3 is 4.74 Å². The Kier molecular flexibility index (Phi) is 6.88. The van der Waals surface area contributed by atoms with E-state index in [-0.39, 0.29) is 18.4 Å². The predicted molar refractivity (Wildman–Crippen MR) is 84.6 cm³/mol. The third-order valence-electron chi connectivity index (χ3n) is 2.85. The standard InChI is InChI=1S/C18H20O3/c1-4-5-11-17(16-9-7-6-8-10-16)18(20)14(2)12-13-21-15(3)19/h4,6-11H,1-2,5,12-13H2,3H3/b17-11-. The van der Waals surface area contributed by atoms with Crippen LogP contribution < -0.4 is 0 Å². The van der Waals surface area contributed by atoms with E-state index in [1.807, 2.05) is 36.4 Å². The molecule has 0 fully saturated rings. The molecule has 0 aromatic heterocycles. The second-order valence-electron chi connectivity index (χ2n) is 4.53. The highest BCUT2D eigenvalue weighted by Gasteiger charge is 2.15. The van der Waals surface area contributed by atoms with Crippen LogP contribution in [0.4, 0.5) is 0 Å². The van der Waals surface area contributed by atoms with E-state index in [4.69, 9.17) is 4.74 Å². The molecule has 0 saturated carbocycles. The Labute approximate surface area is 125 Å². The Morgan fingerprint density at radius 2 is 1.90 bits per heavy atom. The van der Waals surface area contributed by atoms with Gasteiger partial charge in [-0.1, -0.05) is 49.1 Å². The van der Waals surface area contributed by atoms with Gasteiger partial charge in [-0.3, -0.25) is 9.59 Å². The van der Waals surface area contributed by atoms with Gasteiger partial charge in [-0.05, 0) is 17.6 Å². The van der Waals surface area contributed by atoms with Crippen LogP contribution in [0.3, 0.4) is 0 Å². The molecule has 0 aliphatic rings. The van der Waals surface area contributed by atoms with Gasteiger partial charge in [0.2, 0.25) is 0 Å². The molecule has 3 heteroatoms. The number of carbonyl (C=O) groups excluding carboxylic acids is 2. The topological polar surface area (TPSA) is 43.4 Å². The van der Waals surface area contributed by atoms with Crippen molar-refractivity contribution in [1.82, 2.24) is 0 Å². The fourth-order valence-electron chi connectivity index (χ4n) is 1.78. The summed E-state index contributed by atoms with van der Waals surface area (Å²) in [6.07, 6.45) is 4.50. The molecule has 1 aromatic rings. The SMILES string of the molecule is C=CC/C=C(\C(=O)C(=C)CCOC(C)=O)c1ccccc1. The molecule has 1 aromatic carbocycles. The van der Waals surface area contributed by atoms with Crippen molar-refractivity contribution < 1.29 is 14.3 Å². The summed E-state index contributed by atoms with van der Waals surface area (Å²) < 4.78 is 4.84. The molecule has 0 saturated heterocycles. The number of Topliss-reactive ketones (excluding diaryl/α,β-unsaturated/α-hetero) is 1. The molecular weight excluding hydrogens is 264 g/mol. The molecule has 0 atom stereocenters. The number of rotatable bonds is 8. The van der Waals surface area contributed by atoms with E-state index in [0.29, 0.717) is 24.0 Å². The zero-order chi connectivity index (χ0) is 15.7. The molecule has 0 radical (unpaired) electrons. The van der Waals surface area contributed by atoms with Crippen molar-refractivity contribution in [3.8, 4) is 0 Å². The maximum absolute atomic E-state index is 12.5. The van der Waals surface area contributed by atoms with E-state index >= 15 is 0 Å². The summed E-state index contributed by atoms with van der Waals surface area (Å²) in [5.41, 5.74) is 1.87. The minimum absolute atomic E-state index is 0.129. The quantitative estimate of drug-likeness (QED) is 0.415. The molecule has 21 heavy (non-hydrogen) atoms. The number of benzene rings is 1. The van der Waals surface area contributed by atoms with Crippen LogP contribution in [-0.2, 0) is 14.3 Å². The first-order valence-electron chi connectivity index (χ1n) is 6.78. The Balaban J connectivity index is 2.84. The van der Waals surface area contributed by atoms with Crippen molar-refractivity contribution in [2.75, 3.05) is 6.61 Å². The minimum Gasteiger partial charge on any atom is -0.466 e. The summed E-state index contributed by atoms with van der Waals surface area (Å²) in [6.45, 7) is 8.97. The summed E-state index contributed by atoms with van der Waals surface area (Å²) in [4.78, 5) is 23.2. The number of esters is 1. The normalized spacial score (nSPS) is 10.8. The van der Waals surface area contributed by atoms with Crippen LogP contribution in [-0.4, -0.2) is 18.4 Å². The largest absolute Gasteiger partial charge is 0.466 e. The second-order valence-corrected chi connectivity index (χ2v) is 4.53. The maximum atomic E-state index is 12.5. The van der Waals surface area contributed by atoms with E-state index in [1.165, 1.54) is 6.92 Å². The molecule has 0 spiro atoms. The Bertz CT molecular complexity index is 553. The highest BCUT2D eigenvalue weighted by atomic mass is 16.5. The molecular formula is C18H20O3. The Hall–Kier alpha value is -2.42. The van der Waals surface area contributed by atoms with E-state index in [9.17, 15) is 9.59 Å². The smallest absolute Gasteiger partial charge is 0.302 e. The van der Waals surface area contributed by atoms with Crippen LogP contribution in [0.15, 0.2) is 61.2 Å². The Morgan fingerprint density at radius 1 is 1.24 bits per heavy atom. The number of allylic oxidation sites excluding steroid dienone is 3. The molecule has 3 nitrogen and oxygen atoms in total. The van der Waals surface area contributed by atoms with Gasteiger partial charge in [-0.2, -0.15) is 0 Å². The van der Waals surface area contributed by atoms with Crippen molar-refractivity contribution in [3.63, 3.8) is 0 Å².